The molecular weight excluding hydrogens is 204 g/mol. The summed E-state index contributed by atoms with van der Waals surface area (Å²) in [4.78, 5) is 6.10. The molecule has 0 amide bonds. The number of nitrogens with zero attached hydrogens (tertiary/aromatic N) is 3. The molecule has 1 atom stereocenters. The van der Waals surface area contributed by atoms with Crippen LogP contribution in [0.3, 0.4) is 0 Å². The molecule has 0 bridgehead atoms. The first kappa shape index (κ1) is 9.63. The number of hydrogen-bond donors (Lipinski definition) is 2. The van der Waals surface area contributed by atoms with E-state index < -0.39 is 0 Å². The molecule has 2 heterocycles. The number of nitrogens with two attached hydrogens (primary N) is 1. The highest BCUT2D eigenvalue weighted by Crippen LogP contribution is 2.20. The van der Waals surface area contributed by atoms with Gasteiger partial charge in [0.1, 0.15) is 0 Å². The van der Waals surface area contributed by atoms with Gasteiger partial charge in [0, 0.05) is 24.6 Å². The summed E-state index contributed by atoms with van der Waals surface area (Å²) in [5.41, 5.74) is 5.43. The zero-order valence-corrected chi connectivity index (χ0v) is 8.40. The lowest BCUT2D eigenvalue weighted by Gasteiger charge is -2.31. The van der Waals surface area contributed by atoms with Crippen LogP contribution >= 0.6 is 11.5 Å². The summed E-state index contributed by atoms with van der Waals surface area (Å²) in [6.45, 7) is 2.05. The standard InChI is InChI=1S/C7H12N4O2S/c8-6-9-7(14-10-6)11-1-2-13-5(3-11)4-12/h5,12H,1-4H2,(H2,8,10). The molecule has 14 heavy (non-hydrogen) atoms. The second-order valence-electron chi connectivity index (χ2n) is 3.06. The van der Waals surface area contributed by atoms with Crippen molar-refractivity contribution < 1.29 is 9.84 Å². The molecule has 0 aromatic carbocycles. The molecule has 3 N–H and O–H groups in total. The molecule has 0 radical (unpaired) electrons. The van der Waals surface area contributed by atoms with Crippen molar-refractivity contribution in [3.63, 3.8) is 0 Å². The lowest BCUT2D eigenvalue weighted by molar-refractivity contribution is 0.00356. The van der Waals surface area contributed by atoms with Crippen LogP contribution in [-0.4, -0.2) is 46.9 Å². The molecule has 0 aliphatic carbocycles. The van der Waals surface area contributed by atoms with Crippen LogP contribution in [0.15, 0.2) is 0 Å². The third kappa shape index (κ3) is 1.94. The monoisotopic (exact) mass is 216 g/mol. The van der Waals surface area contributed by atoms with Crippen LogP contribution in [0.1, 0.15) is 0 Å². The number of aliphatic hydroxyl groups excluding tert-OH is 1. The van der Waals surface area contributed by atoms with Gasteiger partial charge in [-0.15, -0.1) is 0 Å². The minimum atomic E-state index is -0.131. The number of hydrogen-bond acceptors (Lipinski definition) is 7. The Morgan fingerprint density at radius 1 is 1.71 bits per heavy atom. The molecule has 1 saturated heterocycles. The Bertz CT molecular complexity index is 306. The molecule has 1 fully saturated rings. The van der Waals surface area contributed by atoms with Crippen molar-refractivity contribution in [3.8, 4) is 0 Å². The number of morpholine rings is 1. The van der Waals surface area contributed by atoms with Crippen LogP contribution < -0.4 is 10.6 Å². The molecule has 1 aromatic rings. The number of aliphatic hydroxyl groups is 1. The van der Waals surface area contributed by atoms with Crippen molar-refractivity contribution >= 4 is 22.6 Å². The lowest BCUT2D eigenvalue weighted by atomic mass is 10.3. The highest BCUT2D eigenvalue weighted by molar-refractivity contribution is 7.09. The second-order valence-corrected chi connectivity index (χ2v) is 3.79. The van der Waals surface area contributed by atoms with Crippen LogP contribution in [0, 0.1) is 0 Å². The number of nitrogen functional groups attached to an aromatic ring is 1. The van der Waals surface area contributed by atoms with Gasteiger partial charge in [0.2, 0.25) is 11.1 Å². The van der Waals surface area contributed by atoms with Crippen molar-refractivity contribution in [2.75, 3.05) is 36.9 Å². The fraction of sp³-hybridized carbons (Fsp3) is 0.714. The van der Waals surface area contributed by atoms with Crippen LogP contribution in [0.5, 0.6) is 0 Å². The van der Waals surface area contributed by atoms with Gasteiger partial charge in [-0.1, -0.05) is 0 Å². The topological polar surface area (TPSA) is 84.5 Å². The predicted octanol–water partition coefficient (Wildman–Crippen LogP) is -0.682. The van der Waals surface area contributed by atoms with Gasteiger partial charge in [-0.2, -0.15) is 9.36 Å². The number of rotatable bonds is 2. The molecule has 7 heteroatoms. The average molecular weight is 216 g/mol. The molecule has 2 rings (SSSR count). The Labute approximate surface area is 85.5 Å². The van der Waals surface area contributed by atoms with Crippen LogP contribution in [0.4, 0.5) is 11.1 Å². The molecule has 0 saturated carbocycles. The molecule has 1 aliphatic heterocycles. The first-order valence-corrected chi connectivity index (χ1v) is 5.13. The first-order valence-electron chi connectivity index (χ1n) is 4.36. The minimum Gasteiger partial charge on any atom is -0.394 e. The predicted molar refractivity (Wildman–Crippen MR) is 53.4 cm³/mol. The fourth-order valence-corrected chi connectivity index (χ4v) is 1.99. The van der Waals surface area contributed by atoms with Crippen LogP contribution in [0.25, 0.3) is 0 Å². The molecule has 1 aliphatic rings. The zero-order chi connectivity index (χ0) is 9.97. The third-order valence-corrected chi connectivity index (χ3v) is 2.84. The molecule has 78 valence electrons. The quantitative estimate of drug-likeness (QED) is 0.681. The van der Waals surface area contributed by atoms with Crippen molar-refractivity contribution in [2.45, 2.75) is 6.10 Å². The van der Waals surface area contributed by atoms with Gasteiger partial charge in [-0.25, -0.2) is 0 Å². The second kappa shape index (κ2) is 4.07. The highest BCUT2D eigenvalue weighted by Gasteiger charge is 2.22. The summed E-state index contributed by atoms with van der Waals surface area (Å²) < 4.78 is 9.23. The Balaban J connectivity index is 2.04. The Morgan fingerprint density at radius 3 is 3.21 bits per heavy atom. The summed E-state index contributed by atoms with van der Waals surface area (Å²) >= 11 is 1.27. The lowest BCUT2D eigenvalue weighted by Crippen LogP contribution is -2.44. The van der Waals surface area contributed by atoms with Gasteiger partial charge < -0.3 is 20.5 Å². The molecule has 6 nitrogen and oxygen atoms in total. The van der Waals surface area contributed by atoms with Gasteiger partial charge in [0.05, 0.1) is 19.3 Å². The van der Waals surface area contributed by atoms with E-state index in [1.165, 1.54) is 11.5 Å². The Morgan fingerprint density at radius 2 is 2.57 bits per heavy atom. The zero-order valence-electron chi connectivity index (χ0n) is 7.59. The number of anilines is 2. The molecular formula is C7H12N4O2S. The summed E-state index contributed by atoms with van der Waals surface area (Å²) in [6, 6.07) is 0. The first-order chi connectivity index (χ1) is 6.79. The van der Waals surface area contributed by atoms with Gasteiger partial charge >= 0.3 is 0 Å². The van der Waals surface area contributed by atoms with Crippen molar-refractivity contribution in [1.29, 1.82) is 0 Å². The molecule has 1 unspecified atom stereocenters. The summed E-state index contributed by atoms with van der Waals surface area (Å²) in [7, 11) is 0. The Kier molecular flexibility index (Phi) is 2.80. The van der Waals surface area contributed by atoms with E-state index in [0.717, 1.165) is 11.7 Å². The largest absolute Gasteiger partial charge is 0.394 e. The maximum Gasteiger partial charge on any atom is 0.233 e. The van der Waals surface area contributed by atoms with E-state index in [4.69, 9.17) is 15.6 Å². The van der Waals surface area contributed by atoms with Gasteiger partial charge in [0.15, 0.2) is 0 Å². The van der Waals surface area contributed by atoms with E-state index in [1.54, 1.807) is 0 Å². The van der Waals surface area contributed by atoms with E-state index in [0.29, 0.717) is 19.1 Å². The van der Waals surface area contributed by atoms with E-state index in [1.807, 2.05) is 4.90 Å². The van der Waals surface area contributed by atoms with Gasteiger partial charge in [0.25, 0.3) is 0 Å². The maximum atomic E-state index is 8.95. The summed E-state index contributed by atoms with van der Waals surface area (Å²) in [5.74, 6) is 0.303. The smallest absolute Gasteiger partial charge is 0.233 e. The normalized spacial score (nSPS) is 22.6. The van der Waals surface area contributed by atoms with Crippen molar-refractivity contribution in [1.82, 2.24) is 9.36 Å². The van der Waals surface area contributed by atoms with Gasteiger partial charge in [-0.3, -0.25) is 0 Å². The maximum absolute atomic E-state index is 8.95. The third-order valence-electron chi connectivity index (χ3n) is 2.04. The van der Waals surface area contributed by atoms with E-state index in [2.05, 4.69) is 9.36 Å². The van der Waals surface area contributed by atoms with Crippen LogP contribution in [-0.2, 0) is 4.74 Å². The number of aromatic nitrogens is 2. The van der Waals surface area contributed by atoms with Gasteiger partial charge in [-0.05, 0) is 0 Å². The minimum absolute atomic E-state index is 0.0325. The molecule has 1 aromatic heterocycles. The van der Waals surface area contributed by atoms with Crippen LogP contribution in [0.2, 0.25) is 0 Å². The average Bonchev–Trinajstić information content (AvgIpc) is 2.65. The van der Waals surface area contributed by atoms with Crippen molar-refractivity contribution in [2.24, 2.45) is 0 Å². The fourth-order valence-electron chi connectivity index (χ4n) is 1.36. The summed E-state index contributed by atoms with van der Waals surface area (Å²) in [6.07, 6.45) is -0.131. The number of ether oxygens (including phenoxy) is 1. The van der Waals surface area contributed by atoms with Crippen molar-refractivity contribution in [3.05, 3.63) is 0 Å². The van der Waals surface area contributed by atoms with E-state index in [-0.39, 0.29) is 12.7 Å². The van der Waals surface area contributed by atoms with E-state index in [9.17, 15) is 0 Å². The SMILES string of the molecule is Nc1nsc(N2CCOC(CO)C2)n1. The highest BCUT2D eigenvalue weighted by atomic mass is 32.1. The molecule has 0 spiro atoms. The Hall–Kier alpha value is -0.920. The summed E-state index contributed by atoms with van der Waals surface area (Å²) in [5, 5.41) is 9.75. The van der Waals surface area contributed by atoms with E-state index >= 15 is 0 Å².